The van der Waals surface area contributed by atoms with Crippen molar-refractivity contribution in [3.63, 3.8) is 0 Å². The van der Waals surface area contributed by atoms with Crippen molar-refractivity contribution in [1.82, 2.24) is 9.88 Å². The van der Waals surface area contributed by atoms with Crippen LogP contribution in [0.4, 0.5) is 5.69 Å². The maximum atomic E-state index is 12.1. The smallest absolute Gasteiger partial charge is 0.248 e. The molecular formula is C19H17N3O3. The van der Waals surface area contributed by atoms with E-state index in [-0.39, 0.29) is 37.1 Å². The van der Waals surface area contributed by atoms with E-state index in [2.05, 4.69) is 10.3 Å². The fourth-order valence-electron chi connectivity index (χ4n) is 2.56. The van der Waals surface area contributed by atoms with Gasteiger partial charge in [0.1, 0.15) is 0 Å². The summed E-state index contributed by atoms with van der Waals surface area (Å²) in [4.78, 5) is 41.0. The molecule has 2 aromatic rings. The van der Waals surface area contributed by atoms with Crippen molar-refractivity contribution < 1.29 is 14.4 Å². The van der Waals surface area contributed by atoms with Crippen LogP contribution in [-0.4, -0.2) is 27.6 Å². The molecular weight excluding hydrogens is 318 g/mol. The summed E-state index contributed by atoms with van der Waals surface area (Å²) in [6.07, 6.45) is 5.16. The molecule has 1 aromatic heterocycles. The number of benzene rings is 1. The molecule has 1 aliphatic heterocycles. The van der Waals surface area contributed by atoms with Crippen molar-refractivity contribution in [3.8, 4) is 0 Å². The highest BCUT2D eigenvalue weighted by Crippen LogP contribution is 2.21. The molecule has 0 unspecified atom stereocenters. The number of para-hydroxylation sites is 1. The lowest BCUT2D eigenvalue weighted by Gasteiger charge is -2.16. The summed E-state index contributed by atoms with van der Waals surface area (Å²) in [5, 5.41) is 2.78. The van der Waals surface area contributed by atoms with Crippen LogP contribution in [-0.2, 0) is 20.9 Å². The van der Waals surface area contributed by atoms with Gasteiger partial charge in [0.25, 0.3) is 0 Å². The van der Waals surface area contributed by atoms with Gasteiger partial charge in [-0.1, -0.05) is 24.3 Å². The molecule has 25 heavy (non-hydrogen) atoms. The van der Waals surface area contributed by atoms with Crippen molar-refractivity contribution in [2.45, 2.75) is 19.4 Å². The highest BCUT2D eigenvalue weighted by Gasteiger charge is 2.29. The van der Waals surface area contributed by atoms with Crippen molar-refractivity contribution in [1.29, 1.82) is 0 Å². The summed E-state index contributed by atoms with van der Waals surface area (Å²) in [6, 6.07) is 12.6. The summed E-state index contributed by atoms with van der Waals surface area (Å²) in [5.74, 6) is -0.667. The SMILES string of the molecule is O=C(C=Cc1ccccn1)Nc1ccccc1CN1C(=O)CCC1=O. The molecule has 1 N–H and O–H groups in total. The summed E-state index contributed by atoms with van der Waals surface area (Å²) in [6.45, 7) is 0.165. The van der Waals surface area contributed by atoms with E-state index in [0.717, 1.165) is 0 Å². The van der Waals surface area contributed by atoms with Gasteiger partial charge in [0, 0.05) is 30.8 Å². The first-order valence-electron chi connectivity index (χ1n) is 7.94. The van der Waals surface area contributed by atoms with Crippen LogP contribution in [0.1, 0.15) is 24.1 Å². The number of hydrogen-bond acceptors (Lipinski definition) is 4. The van der Waals surface area contributed by atoms with Crippen LogP contribution in [0.2, 0.25) is 0 Å². The number of likely N-dealkylation sites (tertiary alicyclic amines) is 1. The number of anilines is 1. The molecule has 3 amide bonds. The highest BCUT2D eigenvalue weighted by molar-refractivity contribution is 6.03. The summed E-state index contributed by atoms with van der Waals surface area (Å²) >= 11 is 0. The van der Waals surface area contributed by atoms with Gasteiger partial charge in [0.05, 0.1) is 12.2 Å². The van der Waals surface area contributed by atoms with Crippen molar-refractivity contribution >= 4 is 29.5 Å². The van der Waals surface area contributed by atoms with Gasteiger partial charge in [0.15, 0.2) is 0 Å². The van der Waals surface area contributed by atoms with E-state index in [9.17, 15) is 14.4 Å². The lowest BCUT2D eigenvalue weighted by molar-refractivity contribution is -0.139. The average Bonchev–Trinajstić information content (AvgIpc) is 2.94. The van der Waals surface area contributed by atoms with Crippen LogP contribution >= 0.6 is 0 Å². The van der Waals surface area contributed by atoms with E-state index < -0.39 is 0 Å². The normalized spacial score (nSPS) is 14.3. The Kier molecular flexibility index (Phi) is 4.99. The minimum Gasteiger partial charge on any atom is -0.322 e. The van der Waals surface area contributed by atoms with Crippen molar-refractivity contribution in [2.75, 3.05) is 5.32 Å². The molecule has 2 heterocycles. The molecule has 3 rings (SSSR count). The van der Waals surface area contributed by atoms with E-state index in [1.807, 2.05) is 6.07 Å². The van der Waals surface area contributed by atoms with Gasteiger partial charge in [-0.3, -0.25) is 24.3 Å². The number of pyridine rings is 1. The highest BCUT2D eigenvalue weighted by atomic mass is 16.2. The molecule has 1 saturated heterocycles. The Bertz CT molecular complexity index is 815. The van der Waals surface area contributed by atoms with Crippen LogP contribution in [0.5, 0.6) is 0 Å². The van der Waals surface area contributed by atoms with Crippen LogP contribution < -0.4 is 5.32 Å². The maximum absolute atomic E-state index is 12.1. The van der Waals surface area contributed by atoms with Gasteiger partial charge in [-0.15, -0.1) is 0 Å². The molecule has 0 radical (unpaired) electrons. The molecule has 1 fully saturated rings. The van der Waals surface area contributed by atoms with E-state index in [1.54, 1.807) is 48.7 Å². The Balaban J connectivity index is 1.70. The first-order chi connectivity index (χ1) is 12.1. The van der Waals surface area contributed by atoms with E-state index in [4.69, 9.17) is 0 Å². The zero-order chi connectivity index (χ0) is 17.6. The molecule has 6 nitrogen and oxygen atoms in total. The molecule has 0 aliphatic carbocycles. The molecule has 0 saturated carbocycles. The Morgan fingerprint density at radius 2 is 1.80 bits per heavy atom. The van der Waals surface area contributed by atoms with Gasteiger partial charge in [-0.2, -0.15) is 0 Å². The molecule has 6 heteroatoms. The second-order valence-electron chi connectivity index (χ2n) is 5.61. The van der Waals surface area contributed by atoms with E-state index >= 15 is 0 Å². The first kappa shape index (κ1) is 16.6. The number of nitrogens with zero attached hydrogens (tertiary/aromatic N) is 2. The second kappa shape index (κ2) is 7.53. The van der Waals surface area contributed by atoms with Gasteiger partial charge in [-0.05, 0) is 29.8 Å². The number of carbonyl (C=O) groups is 3. The zero-order valence-corrected chi connectivity index (χ0v) is 13.5. The monoisotopic (exact) mass is 335 g/mol. The van der Waals surface area contributed by atoms with Crippen LogP contribution in [0.25, 0.3) is 6.08 Å². The lowest BCUT2D eigenvalue weighted by Crippen LogP contribution is -2.28. The van der Waals surface area contributed by atoms with Crippen LogP contribution in [0.3, 0.4) is 0 Å². The number of hydrogen-bond donors (Lipinski definition) is 1. The van der Waals surface area contributed by atoms with Crippen molar-refractivity contribution in [2.24, 2.45) is 0 Å². The third-order valence-corrected chi connectivity index (χ3v) is 3.85. The molecule has 0 bridgehead atoms. The van der Waals surface area contributed by atoms with E-state index in [1.165, 1.54) is 11.0 Å². The Hall–Kier alpha value is -3.28. The van der Waals surface area contributed by atoms with Crippen molar-refractivity contribution in [3.05, 3.63) is 66.0 Å². The summed E-state index contributed by atoms with van der Waals surface area (Å²) < 4.78 is 0. The number of carbonyl (C=O) groups excluding carboxylic acids is 3. The Labute approximate surface area is 145 Å². The predicted molar refractivity (Wildman–Crippen MR) is 93.1 cm³/mol. The minimum absolute atomic E-state index is 0.165. The average molecular weight is 335 g/mol. The predicted octanol–water partition coefficient (Wildman–Crippen LogP) is 2.38. The number of imide groups is 1. The molecule has 126 valence electrons. The fraction of sp³-hybridized carbons (Fsp3) is 0.158. The minimum atomic E-state index is -0.308. The lowest BCUT2D eigenvalue weighted by atomic mass is 10.1. The molecule has 1 aliphatic rings. The fourth-order valence-corrected chi connectivity index (χ4v) is 2.56. The second-order valence-corrected chi connectivity index (χ2v) is 5.61. The first-order valence-corrected chi connectivity index (χ1v) is 7.94. The van der Waals surface area contributed by atoms with Gasteiger partial charge >= 0.3 is 0 Å². The molecule has 0 atom stereocenters. The molecule has 0 spiro atoms. The Morgan fingerprint density at radius 1 is 1.08 bits per heavy atom. The quantitative estimate of drug-likeness (QED) is 0.672. The van der Waals surface area contributed by atoms with Gasteiger partial charge in [-0.25, -0.2) is 0 Å². The van der Waals surface area contributed by atoms with Gasteiger partial charge in [0.2, 0.25) is 17.7 Å². The number of aromatic nitrogens is 1. The number of amides is 3. The topological polar surface area (TPSA) is 79.4 Å². The number of nitrogens with one attached hydrogen (secondary N) is 1. The standard InChI is InChI=1S/C19H17N3O3/c23-17(9-8-15-6-3-4-12-20-15)21-16-7-2-1-5-14(16)13-22-18(24)10-11-19(22)25/h1-9,12H,10-11,13H2,(H,21,23). The Morgan fingerprint density at radius 3 is 2.52 bits per heavy atom. The largest absolute Gasteiger partial charge is 0.322 e. The van der Waals surface area contributed by atoms with Crippen LogP contribution in [0.15, 0.2) is 54.7 Å². The number of rotatable bonds is 5. The zero-order valence-electron chi connectivity index (χ0n) is 13.5. The van der Waals surface area contributed by atoms with E-state index in [0.29, 0.717) is 16.9 Å². The molecule has 1 aromatic carbocycles. The third-order valence-electron chi connectivity index (χ3n) is 3.85. The third kappa shape index (κ3) is 4.17. The maximum Gasteiger partial charge on any atom is 0.248 e. The van der Waals surface area contributed by atoms with Gasteiger partial charge < -0.3 is 5.32 Å². The summed E-state index contributed by atoms with van der Waals surface area (Å²) in [7, 11) is 0. The van der Waals surface area contributed by atoms with Crippen LogP contribution in [0, 0.1) is 0 Å². The summed E-state index contributed by atoms with van der Waals surface area (Å²) in [5.41, 5.74) is 1.97.